The molecule has 1 heterocycles. The van der Waals surface area contributed by atoms with Gasteiger partial charge < -0.3 is 24.2 Å². The van der Waals surface area contributed by atoms with Gasteiger partial charge in [0.2, 0.25) is 0 Å². The molecule has 8 heteroatoms. The Morgan fingerprint density at radius 3 is 2.74 bits per heavy atom. The Kier molecular flexibility index (Phi) is 8.74. The van der Waals surface area contributed by atoms with Gasteiger partial charge in [0.25, 0.3) is 0 Å². The van der Waals surface area contributed by atoms with E-state index in [0.717, 1.165) is 80.1 Å². The second-order valence-corrected chi connectivity index (χ2v) is 13.2. The summed E-state index contributed by atoms with van der Waals surface area (Å²) in [4.78, 5) is 27.1. The number of halogens is 1. The molecular formula is C35H42ClNO6. The first-order valence-electron chi connectivity index (χ1n) is 15.7. The van der Waals surface area contributed by atoms with Crippen molar-refractivity contribution < 1.29 is 28.9 Å². The number of aliphatic hydroxyl groups is 1. The van der Waals surface area contributed by atoms with E-state index in [0.29, 0.717) is 25.2 Å². The van der Waals surface area contributed by atoms with Crippen molar-refractivity contribution in [3.63, 3.8) is 0 Å². The van der Waals surface area contributed by atoms with Gasteiger partial charge in [0.15, 0.2) is 0 Å². The predicted molar refractivity (Wildman–Crippen MR) is 166 cm³/mol. The maximum absolute atomic E-state index is 12.5. The standard InChI is InChI=1S/C35H42ClNO6/c1-3-42-34(40)23-8-6-22(7-9-23)32(38)28-13-10-26(28)19-37-20-35(16-4-5-24-17-27(36)12-14-29(24)35)21-43-31-15-11-25(18-30(31)37)33(39)41-2/h6,11-12,14-15,17-18,23,26,28,32,38H,3-5,7-10,13,16,19-21H2,1-2H3/t23-,26-,28+,32+,35-/m0/s1. The zero-order valence-corrected chi connectivity index (χ0v) is 25.9. The smallest absolute Gasteiger partial charge is 0.337 e. The SMILES string of the molecule is CCOC(=O)[C@H]1CC=C([C@@H](O)[C@@H]2CC[C@H]2CN2C[C@@]3(CCCc4cc(Cl)ccc43)COc3ccc(C(=O)OC)cc32)CC1. The van der Waals surface area contributed by atoms with Crippen molar-refractivity contribution in [2.24, 2.45) is 17.8 Å². The van der Waals surface area contributed by atoms with Gasteiger partial charge in [0.1, 0.15) is 5.75 Å². The van der Waals surface area contributed by atoms with Gasteiger partial charge >= 0.3 is 11.9 Å². The van der Waals surface area contributed by atoms with E-state index in [-0.39, 0.29) is 35.1 Å². The molecule has 3 aliphatic carbocycles. The zero-order valence-electron chi connectivity index (χ0n) is 25.1. The number of aliphatic hydroxyl groups excluding tert-OH is 1. The highest BCUT2D eigenvalue weighted by Crippen LogP contribution is 2.47. The van der Waals surface area contributed by atoms with Crippen LogP contribution in [0.1, 0.15) is 73.4 Å². The lowest BCUT2D eigenvalue weighted by molar-refractivity contribution is -0.148. The summed E-state index contributed by atoms with van der Waals surface area (Å²) in [5, 5.41) is 12.3. The topological polar surface area (TPSA) is 85.3 Å². The number of rotatable bonds is 7. The lowest BCUT2D eigenvalue weighted by atomic mass is 9.67. The Hall–Kier alpha value is -3.03. The summed E-state index contributed by atoms with van der Waals surface area (Å²) >= 11 is 6.40. The molecule has 4 aliphatic rings. The Morgan fingerprint density at radius 2 is 2.02 bits per heavy atom. The number of hydrogen-bond donors (Lipinski definition) is 1. The molecule has 0 radical (unpaired) electrons. The predicted octanol–water partition coefficient (Wildman–Crippen LogP) is 6.28. The van der Waals surface area contributed by atoms with Crippen LogP contribution in [0.3, 0.4) is 0 Å². The molecular weight excluding hydrogens is 566 g/mol. The van der Waals surface area contributed by atoms with Crippen LogP contribution in [0, 0.1) is 17.8 Å². The molecule has 1 fully saturated rings. The molecule has 0 aromatic heterocycles. The van der Waals surface area contributed by atoms with Crippen LogP contribution >= 0.6 is 11.6 Å². The van der Waals surface area contributed by atoms with Crippen LogP contribution in [0.5, 0.6) is 5.75 Å². The van der Waals surface area contributed by atoms with Crippen LogP contribution in [0.4, 0.5) is 5.69 Å². The van der Waals surface area contributed by atoms with Gasteiger partial charge in [0.05, 0.1) is 43.6 Å². The van der Waals surface area contributed by atoms with E-state index in [9.17, 15) is 14.7 Å². The highest BCUT2D eigenvalue weighted by atomic mass is 35.5. The number of ether oxygens (including phenoxy) is 3. The second kappa shape index (κ2) is 12.5. The van der Waals surface area contributed by atoms with Gasteiger partial charge in [-0.2, -0.15) is 0 Å². The highest BCUT2D eigenvalue weighted by molar-refractivity contribution is 6.30. The number of carbonyl (C=O) groups excluding carboxylic acids is 2. The van der Waals surface area contributed by atoms with Crippen LogP contribution in [-0.2, 0) is 26.1 Å². The van der Waals surface area contributed by atoms with Crippen molar-refractivity contribution in [1.29, 1.82) is 0 Å². The molecule has 0 saturated heterocycles. The molecule has 0 amide bonds. The van der Waals surface area contributed by atoms with Gasteiger partial charge in [0, 0.05) is 23.5 Å². The molecule has 2 aromatic rings. The molecule has 1 aliphatic heterocycles. The minimum absolute atomic E-state index is 0.116. The van der Waals surface area contributed by atoms with Crippen molar-refractivity contribution >= 4 is 29.2 Å². The number of anilines is 1. The lowest BCUT2D eigenvalue weighted by Gasteiger charge is -2.46. The Balaban J connectivity index is 1.27. The summed E-state index contributed by atoms with van der Waals surface area (Å²) in [5.41, 5.74) is 4.81. The van der Waals surface area contributed by atoms with Gasteiger partial charge in [-0.25, -0.2) is 4.79 Å². The maximum atomic E-state index is 12.5. The fourth-order valence-electron chi connectivity index (χ4n) is 7.75. The van der Waals surface area contributed by atoms with E-state index in [1.807, 2.05) is 25.1 Å². The largest absolute Gasteiger partial charge is 0.490 e. The van der Waals surface area contributed by atoms with Crippen LogP contribution in [-0.4, -0.2) is 56.6 Å². The van der Waals surface area contributed by atoms with Crippen LogP contribution < -0.4 is 9.64 Å². The fraction of sp³-hybridized carbons (Fsp3) is 0.543. The molecule has 7 nitrogen and oxygen atoms in total. The quantitative estimate of drug-likeness (QED) is 0.293. The molecule has 1 N–H and O–H groups in total. The van der Waals surface area contributed by atoms with E-state index in [1.54, 1.807) is 6.07 Å². The third kappa shape index (κ3) is 5.91. The third-order valence-electron chi connectivity index (χ3n) is 10.2. The first-order valence-corrected chi connectivity index (χ1v) is 16.1. The molecule has 6 rings (SSSR count). The number of allylic oxidation sites excluding steroid dienone is 1. The lowest BCUT2D eigenvalue weighted by Crippen LogP contribution is -2.50. The van der Waals surface area contributed by atoms with Crippen LogP contribution in [0.2, 0.25) is 5.02 Å². The summed E-state index contributed by atoms with van der Waals surface area (Å²) in [6.07, 6.45) is 8.68. The number of fused-ring (bicyclic) bond motifs is 3. The Bertz CT molecular complexity index is 1410. The molecule has 230 valence electrons. The molecule has 0 unspecified atom stereocenters. The van der Waals surface area contributed by atoms with E-state index < -0.39 is 6.10 Å². The van der Waals surface area contributed by atoms with Crippen LogP contribution in [0.15, 0.2) is 48.0 Å². The number of carbonyl (C=O) groups is 2. The maximum Gasteiger partial charge on any atom is 0.337 e. The van der Waals surface area contributed by atoms with Crippen molar-refractivity contribution in [2.75, 3.05) is 38.3 Å². The summed E-state index contributed by atoms with van der Waals surface area (Å²) in [7, 11) is 1.40. The number of nitrogens with zero attached hydrogens (tertiary/aromatic N) is 1. The zero-order chi connectivity index (χ0) is 30.1. The molecule has 5 atom stereocenters. The van der Waals surface area contributed by atoms with Crippen molar-refractivity contribution in [3.8, 4) is 5.75 Å². The normalized spacial score (nSPS) is 27.0. The summed E-state index contributed by atoms with van der Waals surface area (Å²) < 4.78 is 16.8. The van der Waals surface area contributed by atoms with E-state index >= 15 is 0 Å². The summed E-state index contributed by atoms with van der Waals surface area (Å²) in [5.74, 6) is 0.577. The minimum Gasteiger partial charge on any atom is -0.490 e. The van der Waals surface area contributed by atoms with E-state index in [4.69, 9.17) is 25.8 Å². The van der Waals surface area contributed by atoms with E-state index in [1.165, 1.54) is 18.2 Å². The second-order valence-electron chi connectivity index (χ2n) is 12.7. The average Bonchev–Trinajstić information content (AvgIpc) is 3.15. The molecule has 2 aromatic carbocycles. The van der Waals surface area contributed by atoms with Crippen molar-refractivity contribution in [1.82, 2.24) is 0 Å². The third-order valence-corrected chi connectivity index (χ3v) is 10.5. The Morgan fingerprint density at radius 1 is 1.16 bits per heavy atom. The Labute approximate surface area is 259 Å². The van der Waals surface area contributed by atoms with Crippen molar-refractivity contribution in [3.05, 3.63) is 69.8 Å². The number of esters is 2. The molecule has 1 saturated carbocycles. The minimum atomic E-state index is -0.516. The van der Waals surface area contributed by atoms with Crippen molar-refractivity contribution in [2.45, 2.75) is 69.8 Å². The van der Waals surface area contributed by atoms with Gasteiger partial charge in [-0.15, -0.1) is 0 Å². The number of hydrogen-bond acceptors (Lipinski definition) is 7. The summed E-state index contributed by atoms with van der Waals surface area (Å²) in [6.45, 7) is 4.28. The summed E-state index contributed by atoms with van der Waals surface area (Å²) in [6, 6.07) is 11.8. The fourth-order valence-corrected chi connectivity index (χ4v) is 7.95. The van der Waals surface area contributed by atoms with Gasteiger partial charge in [-0.05, 0) is 117 Å². The van der Waals surface area contributed by atoms with Gasteiger partial charge in [-0.1, -0.05) is 23.7 Å². The monoisotopic (exact) mass is 607 g/mol. The number of benzene rings is 2. The highest BCUT2D eigenvalue weighted by Gasteiger charge is 2.45. The van der Waals surface area contributed by atoms with Gasteiger partial charge in [-0.3, -0.25) is 4.79 Å². The molecule has 1 spiro atoms. The first-order chi connectivity index (χ1) is 20.8. The molecule has 43 heavy (non-hydrogen) atoms. The van der Waals surface area contributed by atoms with Crippen LogP contribution in [0.25, 0.3) is 0 Å². The number of methoxy groups -OCH3 is 1. The average molecular weight is 608 g/mol. The first kappa shape index (κ1) is 30.0. The number of aryl methyl sites for hydroxylation is 1. The van der Waals surface area contributed by atoms with E-state index in [2.05, 4.69) is 23.1 Å². The molecule has 0 bridgehead atoms.